The second kappa shape index (κ2) is 6.97. The highest BCUT2D eigenvalue weighted by atomic mass is 16.5. The van der Waals surface area contributed by atoms with E-state index in [0.29, 0.717) is 12.3 Å². The Morgan fingerprint density at radius 1 is 1.35 bits per heavy atom. The minimum Gasteiger partial charge on any atom is -0.465 e. The lowest BCUT2D eigenvalue weighted by Crippen LogP contribution is -2.31. The quantitative estimate of drug-likeness (QED) is 0.524. The van der Waals surface area contributed by atoms with Crippen LogP contribution < -0.4 is 0 Å². The van der Waals surface area contributed by atoms with Crippen LogP contribution in [0.4, 0.5) is 0 Å². The number of aliphatic hydroxyl groups is 2. The van der Waals surface area contributed by atoms with Gasteiger partial charge in [0, 0.05) is 5.92 Å². The highest BCUT2D eigenvalue weighted by molar-refractivity contribution is 5.75. The highest BCUT2D eigenvalue weighted by Crippen LogP contribution is 2.27. The van der Waals surface area contributed by atoms with Crippen molar-refractivity contribution in [1.82, 2.24) is 0 Å². The molecule has 1 heterocycles. The summed E-state index contributed by atoms with van der Waals surface area (Å²) in [6, 6.07) is 0. The fourth-order valence-electron chi connectivity index (χ4n) is 2.30. The number of hydrogen-bond donors (Lipinski definition) is 2. The van der Waals surface area contributed by atoms with Crippen LogP contribution in [0, 0.1) is 17.8 Å². The van der Waals surface area contributed by atoms with Crippen LogP contribution in [0.25, 0.3) is 0 Å². The molecule has 1 fully saturated rings. The molecule has 0 aliphatic carbocycles. The summed E-state index contributed by atoms with van der Waals surface area (Å²) in [6.07, 6.45) is 3.07. The van der Waals surface area contributed by atoms with E-state index >= 15 is 0 Å². The van der Waals surface area contributed by atoms with E-state index in [1.165, 1.54) is 0 Å². The van der Waals surface area contributed by atoms with E-state index in [2.05, 4.69) is 13.8 Å². The summed E-state index contributed by atoms with van der Waals surface area (Å²) in [5, 5.41) is 19.1. The summed E-state index contributed by atoms with van der Waals surface area (Å²) in [5.41, 5.74) is 0. The molecule has 0 aromatic carbocycles. The number of cyclic esters (lactones) is 1. The van der Waals surface area contributed by atoms with E-state index in [-0.39, 0.29) is 25.1 Å². The average molecular weight is 244 g/mol. The van der Waals surface area contributed by atoms with Crippen LogP contribution in [0.5, 0.6) is 0 Å². The number of rotatable bonds is 7. The van der Waals surface area contributed by atoms with Crippen molar-refractivity contribution in [2.24, 2.45) is 17.8 Å². The second-order valence-corrected chi connectivity index (χ2v) is 5.34. The van der Waals surface area contributed by atoms with Gasteiger partial charge >= 0.3 is 5.97 Å². The topological polar surface area (TPSA) is 66.8 Å². The van der Waals surface area contributed by atoms with E-state index in [4.69, 9.17) is 9.84 Å². The van der Waals surface area contributed by atoms with Gasteiger partial charge in [0.15, 0.2) is 0 Å². The third-order valence-electron chi connectivity index (χ3n) is 3.40. The summed E-state index contributed by atoms with van der Waals surface area (Å²) >= 11 is 0. The highest BCUT2D eigenvalue weighted by Gasteiger charge is 2.41. The molecule has 1 aliphatic heterocycles. The summed E-state index contributed by atoms with van der Waals surface area (Å²) in [5.74, 6) is -0.448. The van der Waals surface area contributed by atoms with Crippen molar-refractivity contribution in [2.75, 3.05) is 13.2 Å². The SMILES string of the molecule is CC(C)CCCCC(O)[C@@H]1C(=O)OC[C@H]1CO. The van der Waals surface area contributed by atoms with Gasteiger partial charge in [-0.05, 0) is 12.3 Å². The number of aliphatic hydroxyl groups excluding tert-OH is 2. The predicted octanol–water partition coefficient (Wildman–Crippen LogP) is 1.35. The van der Waals surface area contributed by atoms with Gasteiger partial charge in [0.25, 0.3) is 0 Å². The van der Waals surface area contributed by atoms with Gasteiger partial charge in [-0.3, -0.25) is 4.79 Å². The summed E-state index contributed by atoms with van der Waals surface area (Å²) in [6.45, 7) is 4.49. The van der Waals surface area contributed by atoms with Crippen molar-refractivity contribution in [1.29, 1.82) is 0 Å². The van der Waals surface area contributed by atoms with Crippen LogP contribution in [0.15, 0.2) is 0 Å². The smallest absolute Gasteiger partial charge is 0.312 e. The van der Waals surface area contributed by atoms with Crippen molar-refractivity contribution in [3.63, 3.8) is 0 Å². The molecule has 1 rings (SSSR count). The fraction of sp³-hybridized carbons (Fsp3) is 0.923. The van der Waals surface area contributed by atoms with Crippen molar-refractivity contribution >= 4 is 5.97 Å². The Bertz CT molecular complexity index is 240. The summed E-state index contributed by atoms with van der Waals surface area (Å²) < 4.78 is 4.88. The van der Waals surface area contributed by atoms with Crippen molar-refractivity contribution in [3.8, 4) is 0 Å². The second-order valence-electron chi connectivity index (χ2n) is 5.34. The predicted molar refractivity (Wildman–Crippen MR) is 64.3 cm³/mol. The van der Waals surface area contributed by atoms with Gasteiger partial charge in [0.05, 0.1) is 25.2 Å². The lowest BCUT2D eigenvalue weighted by atomic mass is 9.88. The molecule has 0 aromatic heterocycles. The number of esters is 1. The number of carbonyl (C=O) groups is 1. The van der Waals surface area contributed by atoms with Crippen molar-refractivity contribution in [3.05, 3.63) is 0 Å². The Balaban J connectivity index is 2.30. The lowest BCUT2D eigenvalue weighted by Gasteiger charge is -2.19. The van der Waals surface area contributed by atoms with Gasteiger partial charge in [-0.1, -0.05) is 33.1 Å². The fourth-order valence-corrected chi connectivity index (χ4v) is 2.30. The molecule has 1 saturated heterocycles. The Labute approximate surface area is 103 Å². The van der Waals surface area contributed by atoms with E-state index in [1.54, 1.807) is 0 Å². The van der Waals surface area contributed by atoms with Crippen LogP contribution in [0.1, 0.15) is 39.5 Å². The molecule has 0 bridgehead atoms. The van der Waals surface area contributed by atoms with Crippen LogP contribution in [-0.2, 0) is 9.53 Å². The van der Waals surface area contributed by atoms with E-state index in [0.717, 1.165) is 19.3 Å². The molecule has 4 nitrogen and oxygen atoms in total. The Morgan fingerprint density at radius 3 is 2.59 bits per heavy atom. The largest absolute Gasteiger partial charge is 0.465 e. The molecule has 0 radical (unpaired) electrons. The van der Waals surface area contributed by atoms with Crippen LogP contribution >= 0.6 is 0 Å². The zero-order valence-corrected chi connectivity index (χ0v) is 10.8. The Kier molecular flexibility index (Phi) is 5.92. The molecular formula is C13H24O4. The molecular weight excluding hydrogens is 220 g/mol. The first-order valence-corrected chi connectivity index (χ1v) is 6.51. The van der Waals surface area contributed by atoms with E-state index < -0.39 is 12.0 Å². The maximum atomic E-state index is 11.4. The van der Waals surface area contributed by atoms with Crippen molar-refractivity contribution in [2.45, 2.75) is 45.6 Å². The van der Waals surface area contributed by atoms with Gasteiger partial charge in [-0.25, -0.2) is 0 Å². The average Bonchev–Trinajstić information content (AvgIpc) is 2.65. The molecule has 0 spiro atoms. The lowest BCUT2D eigenvalue weighted by molar-refractivity contribution is -0.144. The molecule has 0 amide bonds. The zero-order chi connectivity index (χ0) is 12.8. The van der Waals surface area contributed by atoms with Gasteiger partial charge in [0.2, 0.25) is 0 Å². The molecule has 2 N–H and O–H groups in total. The van der Waals surface area contributed by atoms with E-state index in [1.807, 2.05) is 0 Å². The molecule has 0 saturated carbocycles. The minimum absolute atomic E-state index is 0.0978. The number of ether oxygens (including phenoxy) is 1. The molecule has 0 aromatic rings. The standard InChI is InChI=1S/C13H24O4/c1-9(2)5-3-4-6-11(15)12-10(7-14)8-17-13(12)16/h9-12,14-15H,3-8H2,1-2H3/t10-,11?,12-/m1/s1. The number of hydrogen-bond acceptors (Lipinski definition) is 4. The Morgan fingerprint density at radius 2 is 2.00 bits per heavy atom. The van der Waals surface area contributed by atoms with Gasteiger partial charge < -0.3 is 14.9 Å². The van der Waals surface area contributed by atoms with Crippen LogP contribution in [-0.4, -0.2) is 35.5 Å². The third-order valence-corrected chi connectivity index (χ3v) is 3.40. The summed E-state index contributed by atoms with van der Waals surface area (Å²) in [4.78, 5) is 11.4. The third kappa shape index (κ3) is 4.28. The van der Waals surface area contributed by atoms with Gasteiger partial charge in [-0.2, -0.15) is 0 Å². The van der Waals surface area contributed by atoms with Gasteiger partial charge in [0.1, 0.15) is 0 Å². The maximum absolute atomic E-state index is 11.4. The first kappa shape index (κ1) is 14.5. The molecule has 1 aliphatic rings. The van der Waals surface area contributed by atoms with Crippen LogP contribution in [0.2, 0.25) is 0 Å². The van der Waals surface area contributed by atoms with Crippen molar-refractivity contribution < 1.29 is 19.7 Å². The molecule has 1 unspecified atom stereocenters. The zero-order valence-electron chi connectivity index (χ0n) is 10.8. The number of carbonyl (C=O) groups excluding carboxylic acids is 1. The Hall–Kier alpha value is -0.610. The summed E-state index contributed by atoms with van der Waals surface area (Å²) in [7, 11) is 0. The number of unbranched alkanes of at least 4 members (excludes halogenated alkanes) is 1. The van der Waals surface area contributed by atoms with E-state index in [9.17, 15) is 9.90 Å². The van der Waals surface area contributed by atoms with Crippen LogP contribution in [0.3, 0.4) is 0 Å². The molecule has 4 heteroatoms. The van der Waals surface area contributed by atoms with Gasteiger partial charge in [-0.15, -0.1) is 0 Å². The minimum atomic E-state index is -0.672. The first-order valence-electron chi connectivity index (χ1n) is 6.51. The molecule has 100 valence electrons. The monoisotopic (exact) mass is 244 g/mol. The molecule has 17 heavy (non-hydrogen) atoms. The normalized spacial score (nSPS) is 26.3. The first-order chi connectivity index (χ1) is 8.06. The maximum Gasteiger partial charge on any atom is 0.312 e. The molecule has 3 atom stereocenters.